The number of nitrogens with one attached hydrogen (secondary N) is 1. The number of aryl methyl sites for hydroxylation is 1. The molecule has 2 aromatic carbocycles. The van der Waals surface area contributed by atoms with Gasteiger partial charge in [0.2, 0.25) is 0 Å². The zero-order chi connectivity index (χ0) is 23.3. The van der Waals surface area contributed by atoms with Crippen LogP contribution in [0.1, 0.15) is 52.2 Å². The van der Waals surface area contributed by atoms with Crippen LogP contribution in [0.5, 0.6) is 0 Å². The number of anilines is 1. The monoisotopic (exact) mass is 488 g/mol. The minimum Gasteiger partial charge on any atom is -0.455 e. The van der Waals surface area contributed by atoms with Crippen LogP contribution in [0, 0.1) is 0 Å². The third-order valence-electron chi connectivity index (χ3n) is 5.98. The molecule has 0 fully saturated rings. The van der Waals surface area contributed by atoms with Gasteiger partial charge in [0.25, 0.3) is 5.91 Å². The lowest BCUT2D eigenvalue weighted by atomic mass is 9.96. The number of hydrogen-bond acceptors (Lipinski definition) is 4. The first-order chi connectivity index (χ1) is 16.7. The van der Waals surface area contributed by atoms with E-state index in [1.54, 1.807) is 17.6 Å². The van der Waals surface area contributed by atoms with Crippen LogP contribution in [0.3, 0.4) is 0 Å². The van der Waals surface area contributed by atoms with Crippen LogP contribution in [0.25, 0.3) is 11.3 Å². The summed E-state index contributed by atoms with van der Waals surface area (Å²) < 4.78 is 5.98. The molecule has 0 aliphatic heterocycles. The van der Waals surface area contributed by atoms with Gasteiger partial charge in [0.1, 0.15) is 16.5 Å². The Bertz CT molecular complexity index is 1310. The summed E-state index contributed by atoms with van der Waals surface area (Å²) in [5, 5.41) is 4.49. The number of carbonyl (C=O) groups is 1. The molecule has 4 nitrogen and oxygen atoms in total. The number of hydrogen-bond donors (Lipinski definition) is 1. The molecule has 1 N–H and O–H groups in total. The van der Waals surface area contributed by atoms with Crippen LogP contribution in [0.15, 0.2) is 76.1 Å². The summed E-state index contributed by atoms with van der Waals surface area (Å²) in [5.74, 6) is 1.29. The largest absolute Gasteiger partial charge is 0.455 e. The van der Waals surface area contributed by atoms with Gasteiger partial charge in [-0.3, -0.25) is 4.79 Å². The maximum absolute atomic E-state index is 13.4. The number of amides is 1. The summed E-state index contributed by atoms with van der Waals surface area (Å²) in [5.41, 5.74) is 3.59. The molecular weight excluding hydrogens is 464 g/mol. The predicted molar refractivity (Wildman–Crippen MR) is 141 cm³/mol. The standard InChI is InChI=1S/C28H25ClN2O2S/c29-20-14-12-19(13-15-20)24-17-16-22(33-24)18-30-28-26(27(32)31-21-8-4-3-5-9-21)23-10-6-1-2-7-11-25(23)34-28/h3-5,8-9,12-18H,1-2,6-7,10-11H2,(H,31,32). The summed E-state index contributed by atoms with van der Waals surface area (Å²) >= 11 is 7.63. The van der Waals surface area contributed by atoms with E-state index in [1.807, 2.05) is 66.7 Å². The molecule has 0 unspecified atom stereocenters. The third-order valence-corrected chi connectivity index (χ3v) is 7.43. The van der Waals surface area contributed by atoms with Crippen LogP contribution < -0.4 is 5.32 Å². The Morgan fingerprint density at radius 1 is 0.941 bits per heavy atom. The van der Waals surface area contributed by atoms with Crippen molar-refractivity contribution in [3.8, 4) is 11.3 Å². The van der Waals surface area contributed by atoms with Gasteiger partial charge in [-0.05, 0) is 79.8 Å². The van der Waals surface area contributed by atoms with Crippen molar-refractivity contribution in [1.82, 2.24) is 0 Å². The van der Waals surface area contributed by atoms with Crippen LogP contribution in [-0.2, 0) is 12.8 Å². The van der Waals surface area contributed by atoms with Gasteiger partial charge in [-0.1, -0.05) is 42.6 Å². The fourth-order valence-corrected chi connectivity index (χ4v) is 5.62. The van der Waals surface area contributed by atoms with E-state index < -0.39 is 0 Å². The number of rotatable bonds is 5. The molecule has 172 valence electrons. The van der Waals surface area contributed by atoms with Gasteiger partial charge in [0, 0.05) is 21.2 Å². The van der Waals surface area contributed by atoms with Gasteiger partial charge < -0.3 is 9.73 Å². The molecule has 0 radical (unpaired) electrons. The minimum atomic E-state index is -0.0993. The van der Waals surface area contributed by atoms with E-state index in [4.69, 9.17) is 21.0 Å². The minimum absolute atomic E-state index is 0.0993. The number of halogens is 1. The molecule has 1 aliphatic rings. The fourth-order valence-electron chi connectivity index (χ4n) is 4.26. The molecular formula is C28H25ClN2O2S. The summed E-state index contributed by atoms with van der Waals surface area (Å²) in [6.45, 7) is 0. The molecule has 1 amide bonds. The normalized spacial score (nSPS) is 13.9. The highest BCUT2D eigenvalue weighted by Gasteiger charge is 2.24. The van der Waals surface area contributed by atoms with Crippen molar-refractivity contribution in [1.29, 1.82) is 0 Å². The number of thiophene rings is 1. The lowest BCUT2D eigenvalue weighted by Gasteiger charge is -2.11. The van der Waals surface area contributed by atoms with Crippen LogP contribution >= 0.6 is 22.9 Å². The Morgan fingerprint density at radius 2 is 1.71 bits per heavy atom. The highest BCUT2D eigenvalue weighted by Crippen LogP contribution is 2.39. The van der Waals surface area contributed by atoms with Crippen LogP contribution in [0.4, 0.5) is 10.7 Å². The summed E-state index contributed by atoms with van der Waals surface area (Å²) in [6.07, 6.45) is 8.32. The van der Waals surface area contributed by atoms with Gasteiger partial charge >= 0.3 is 0 Å². The highest BCUT2D eigenvalue weighted by atomic mass is 35.5. The number of furan rings is 1. The summed E-state index contributed by atoms with van der Waals surface area (Å²) in [6, 6.07) is 20.9. The number of carbonyl (C=O) groups excluding carboxylic acids is 1. The van der Waals surface area contributed by atoms with E-state index >= 15 is 0 Å². The van der Waals surface area contributed by atoms with Crippen molar-refractivity contribution in [3.63, 3.8) is 0 Å². The van der Waals surface area contributed by atoms with Crippen molar-refractivity contribution in [3.05, 3.63) is 93.5 Å². The second-order valence-electron chi connectivity index (χ2n) is 8.39. The predicted octanol–water partition coefficient (Wildman–Crippen LogP) is 8.32. The van der Waals surface area contributed by atoms with E-state index in [1.165, 1.54) is 17.7 Å². The van der Waals surface area contributed by atoms with Crippen LogP contribution in [0.2, 0.25) is 5.02 Å². The summed E-state index contributed by atoms with van der Waals surface area (Å²) in [4.78, 5) is 19.4. The molecule has 0 spiro atoms. The highest BCUT2D eigenvalue weighted by molar-refractivity contribution is 7.16. The fraction of sp³-hybridized carbons (Fsp3) is 0.214. The van der Waals surface area contributed by atoms with E-state index in [0.717, 1.165) is 53.3 Å². The van der Waals surface area contributed by atoms with E-state index in [0.29, 0.717) is 16.3 Å². The third kappa shape index (κ3) is 5.16. The van der Waals surface area contributed by atoms with Crippen molar-refractivity contribution < 1.29 is 9.21 Å². The smallest absolute Gasteiger partial charge is 0.259 e. The zero-order valence-corrected chi connectivity index (χ0v) is 20.3. The van der Waals surface area contributed by atoms with E-state index in [2.05, 4.69) is 5.32 Å². The zero-order valence-electron chi connectivity index (χ0n) is 18.7. The second-order valence-corrected chi connectivity index (χ2v) is 9.91. The van der Waals surface area contributed by atoms with Crippen molar-refractivity contribution in [2.75, 3.05) is 5.32 Å². The summed E-state index contributed by atoms with van der Waals surface area (Å²) in [7, 11) is 0. The Labute approximate surface area is 208 Å². The number of fused-ring (bicyclic) bond motifs is 1. The van der Waals surface area contributed by atoms with Gasteiger partial charge in [-0.25, -0.2) is 4.99 Å². The molecule has 1 aliphatic carbocycles. The first kappa shape index (κ1) is 22.6. The molecule has 5 rings (SSSR count). The van der Waals surface area contributed by atoms with Crippen molar-refractivity contribution in [2.24, 2.45) is 4.99 Å². The molecule has 0 saturated heterocycles. The quantitative estimate of drug-likeness (QED) is 0.287. The maximum atomic E-state index is 13.4. The molecule has 0 atom stereocenters. The number of aliphatic imine (C=N–C) groups is 1. The molecule has 0 saturated carbocycles. The van der Waals surface area contributed by atoms with Crippen molar-refractivity contribution >= 4 is 45.7 Å². The van der Waals surface area contributed by atoms with E-state index in [-0.39, 0.29) is 5.91 Å². The topological polar surface area (TPSA) is 54.6 Å². The Balaban J connectivity index is 1.45. The van der Waals surface area contributed by atoms with Gasteiger partial charge in [-0.2, -0.15) is 0 Å². The lowest BCUT2D eigenvalue weighted by Crippen LogP contribution is -2.14. The molecule has 34 heavy (non-hydrogen) atoms. The molecule has 0 bridgehead atoms. The second kappa shape index (κ2) is 10.4. The van der Waals surface area contributed by atoms with Gasteiger partial charge in [0.15, 0.2) is 0 Å². The Kier molecular flexibility index (Phi) is 6.93. The Morgan fingerprint density at radius 3 is 2.50 bits per heavy atom. The van der Waals surface area contributed by atoms with Gasteiger partial charge in [-0.15, -0.1) is 11.3 Å². The SMILES string of the molecule is O=C(Nc1ccccc1)c1c(N=Cc2ccc(-c3ccc(Cl)cc3)o2)sc2c1CCCCCC2. The molecule has 2 aromatic heterocycles. The first-order valence-electron chi connectivity index (χ1n) is 11.6. The van der Waals surface area contributed by atoms with Crippen molar-refractivity contribution in [2.45, 2.75) is 38.5 Å². The molecule has 4 aromatic rings. The lowest BCUT2D eigenvalue weighted by molar-refractivity contribution is 0.102. The van der Waals surface area contributed by atoms with E-state index in [9.17, 15) is 4.79 Å². The molecule has 2 heterocycles. The molecule has 6 heteroatoms. The average molecular weight is 489 g/mol. The average Bonchev–Trinajstić information content (AvgIpc) is 3.43. The number of para-hydroxylation sites is 1. The van der Waals surface area contributed by atoms with Crippen LogP contribution in [-0.4, -0.2) is 12.1 Å². The maximum Gasteiger partial charge on any atom is 0.259 e. The van der Waals surface area contributed by atoms with Gasteiger partial charge in [0.05, 0.1) is 11.8 Å². The number of nitrogens with zero attached hydrogens (tertiary/aromatic N) is 1. The Hall–Kier alpha value is -3.15. The first-order valence-corrected chi connectivity index (χ1v) is 12.8. The number of benzene rings is 2.